The summed E-state index contributed by atoms with van der Waals surface area (Å²) in [6.45, 7) is 12.4. The number of hydrogen-bond acceptors (Lipinski definition) is 4. The molecule has 0 saturated heterocycles. The number of carboxylic acid groups (broad SMARTS) is 1. The van der Waals surface area contributed by atoms with Crippen LogP contribution in [0.2, 0.25) is 0 Å². The second-order valence-corrected chi connectivity index (χ2v) is 6.00. The summed E-state index contributed by atoms with van der Waals surface area (Å²) in [7, 11) is -1.66. The molecule has 0 fully saturated rings. The van der Waals surface area contributed by atoms with E-state index >= 15 is 0 Å². The lowest BCUT2D eigenvalue weighted by Crippen LogP contribution is -2.18. The van der Waals surface area contributed by atoms with Crippen LogP contribution in [0.1, 0.15) is 48.5 Å². The zero-order valence-electron chi connectivity index (χ0n) is 11.7. The van der Waals surface area contributed by atoms with Crippen LogP contribution in [-0.2, 0) is 13.8 Å². The van der Waals surface area contributed by atoms with E-state index in [0.29, 0.717) is 0 Å². The first-order valence-corrected chi connectivity index (χ1v) is 6.65. The summed E-state index contributed by atoms with van der Waals surface area (Å²) in [6.07, 6.45) is 0.0460. The van der Waals surface area contributed by atoms with Gasteiger partial charge in [0, 0.05) is 0 Å². The first-order chi connectivity index (χ1) is 7.46. The highest BCUT2D eigenvalue weighted by Gasteiger charge is 2.18. The molecule has 0 radical (unpaired) electrons. The van der Waals surface area contributed by atoms with Crippen LogP contribution in [-0.4, -0.2) is 28.2 Å². The molecule has 0 saturated carbocycles. The molecule has 0 aliphatic heterocycles. The van der Waals surface area contributed by atoms with Gasteiger partial charge in [-0.2, -0.15) is 0 Å². The van der Waals surface area contributed by atoms with Gasteiger partial charge in [-0.25, -0.2) is 0 Å². The summed E-state index contributed by atoms with van der Waals surface area (Å²) in [5.74, 6) is -0.757. The molecule has 0 aromatic rings. The Balaban J connectivity index is 0. The summed E-state index contributed by atoms with van der Waals surface area (Å²) < 4.78 is 9.92. The van der Waals surface area contributed by atoms with Crippen molar-refractivity contribution >= 4 is 14.6 Å². The van der Waals surface area contributed by atoms with E-state index in [4.69, 9.17) is 19.0 Å². The van der Waals surface area contributed by atoms with Gasteiger partial charge in [0.25, 0.3) is 0 Å². The average molecular weight is 268 g/mol. The van der Waals surface area contributed by atoms with E-state index in [-0.39, 0.29) is 12.2 Å². The Kier molecular flexibility index (Phi) is 9.91. The third kappa shape index (κ3) is 15.8. The molecule has 0 aliphatic rings. The fourth-order valence-electron chi connectivity index (χ4n) is 0.386. The maximum absolute atomic E-state index is 10.0. The van der Waals surface area contributed by atoms with Crippen LogP contribution < -0.4 is 0 Å². The Morgan fingerprint density at radius 3 is 1.41 bits per heavy atom. The van der Waals surface area contributed by atoms with Gasteiger partial charge < -0.3 is 19.0 Å². The number of carboxylic acids is 1. The van der Waals surface area contributed by atoms with Crippen molar-refractivity contribution in [1.82, 2.24) is 0 Å². The SMILES string of the molecule is CC(C)(C)C(=O)O.CC(C)OP(O)OC(C)C. The molecule has 0 aromatic heterocycles. The van der Waals surface area contributed by atoms with E-state index in [1.807, 2.05) is 27.7 Å². The maximum atomic E-state index is 10.0. The Bertz CT molecular complexity index is 200. The molecule has 104 valence electrons. The molecule has 0 amide bonds. The highest BCUT2D eigenvalue weighted by molar-refractivity contribution is 7.40. The van der Waals surface area contributed by atoms with E-state index in [1.165, 1.54) is 0 Å². The monoisotopic (exact) mass is 268 g/mol. The largest absolute Gasteiger partial charge is 0.481 e. The van der Waals surface area contributed by atoms with Crippen molar-refractivity contribution in [3.63, 3.8) is 0 Å². The summed E-state index contributed by atoms with van der Waals surface area (Å²) in [5, 5.41) is 8.25. The zero-order chi connectivity index (χ0) is 14.2. The van der Waals surface area contributed by atoms with Crippen LogP contribution in [0.5, 0.6) is 0 Å². The fourth-order valence-corrected chi connectivity index (χ4v) is 1.16. The lowest BCUT2D eigenvalue weighted by atomic mass is 9.98. The summed E-state index contributed by atoms with van der Waals surface area (Å²) in [5.41, 5.74) is -0.583. The standard InChI is InChI=1S/C6H15O3P.C5H10O2/c1-5(2)8-10(7)9-6(3)4;1-5(2,3)4(6)7/h5-7H,1-4H3;1-3H3,(H,6,7). The Hall–Kier alpha value is -0.220. The van der Waals surface area contributed by atoms with Gasteiger partial charge in [-0.1, -0.05) is 0 Å². The van der Waals surface area contributed by atoms with E-state index < -0.39 is 20.0 Å². The molecule has 0 bridgehead atoms. The molecule has 6 heteroatoms. The molecular formula is C11H25O5P. The van der Waals surface area contributed by atoms with Crippen LogP contribution in [0.25, 0.3) is 0 Å². The second kappa shape index (κ2) is 8.81. The first-order valence-electron chi connectivity index (χ1n) is 5.52. The number of hydrogen-bond donors (Lipinski definition) is 2. The zero-order valence-corrected chi connectivity index (χ0v) is 12.6. The molecule has 17 heavy (non-hydrogen) atoms. The van der Waals surface area contributed by atoms with Crippen molar-refractivity contribution in [3.05, 3.63) is 0 Å². The van der Waals surface area contributed by atoms with Crippen molar-refractivity contribution in [1.29, 1.82) is 0 Å². The second-order valence-electron chi connectivity index (χ2n) is 5.10. The predicted molar refractivity (Wildman–Crippen MR) is 68.7 cm³/mol. The van der Waals surface area contributed by atoms with Gasteiger partial charge in [0.2, 0.25) is 0 Å². The van der Waals surface area contributed by atoms with E-state index in [9.17, 15) is 4.79 Å². The summed E-state index contributed by atoms with van der Waals surface area (Å²) in [6, 6.07) is 0. The quantitative estimate of drug-likeness (QED) is 0.766. The van der Waals surface area contributed by atoms with Gasteiger partial charge >= 0.3 is 14.6 Å². The predicted octanol–water partition coefficient (Wildman–Crippen LogP) is 3.17. The van der Waals surface area contributed by atoms with Crippen LogP contribution in [0.4, 0.5) is 0 Å². The Labute approximate surface area is 105 Å². The number of carbonyl (C=O) groups is 1. The summed E-state index contributed by atoms with van der Waals surface area (Å²) in [4.78, 5) is 19.0. The van der Waals surface area contributed by atoms with Gasteiger partial charge in [0.1, 0.15) is 0 Å². The van der Waals surface area contributed by atoms with E-state index in [0.717, 1.165) is 0 Å². The normalized spacial score (nSPS) is 11.7. The van der Waals surface area contributed by atoms with Crippen molar-refractivity contribution in [3.8, 4) is 0 Å². The lowest BCUT2D eigenvalue weighted by molar-refractivity contribution is -0.145. The van der Waals surface area contributed by atoms with E-state index in [2.05, 4.69) is 0 Å². The molecule has 0 aromatic carbocycles. The van der Waals surface area contributed by atoms with Crippen LogP contribution in [0.15, 0.2) is 0 Å². The van der Waals surface area contributed by atoms with Gasteiger partial charge in [-0.3, -0.25) is 4.79 Å². The smallest absolute Gasteiger partial charge is 0.330 e. The van der Waals surface area contributed by atoms with Crippen molar-refractivity contribution in [2.24, 2.45) is 5.41 Å². The van der Waals surface area contributed by atoms with E-state index in [1.54, 1.807) is 20.8 Å². The van der Waals surface area contributed by atoms with Crippen LogP contribution in [0, 0.1) is 5.41 Å². The molecule has 0 rings (SSSR count). The molecule has 0 atom stereocenters. The topological polar surface area (TPSA) is 76.0 Å². The highest BCUT2D eigenvalue weighted by atomic mass is 31.2. The fraction of sp³-hybridized carbons (Fsp3) is 0.909. The third-order valence-corrected chi connectivity index (χ3v) is 2.45. The van der Waals surface area contributed by atoms with Crippen molar-refractivity contribution in [2.75, 3.05) is 0 Å². The van der Waals surface area contributed by atoms with Gasteiger partial charge in [0.15, 0.2) is 0 Å². The Morgan fingerprint density at radius 1 is 1.06 bits per heavy atom. The number of rotatable bonds is 4. The minimum Gasteiger partial charge on any atom is -0.481 e. The molecular weight excluding hydrogens is 243 g/mol. The van der Waals surface area contributed by atoms with Gasteiger partial charge in [-0.05, 0) is 48.5 Å². The number of aliphatic carboxylic acids is 1. The third-order valence-electron chi connectivity index (χ3n) is 1.24. The van der Waals surface area contributed by atoms with Crippen molar-refractivity contribution in [2.45, 2.75) is 60.7 Å². The first kappa shape index (κ1) is 19.1. The highest BCUT2D eigenvalue weighted by Crippen LogP contribution is 2.35. The molecule has 0 unspecified atom stereocenters. The molecule has 5 nitrogen and oxygen atoms in total. The molecule has 0 heterocycles. The summed E-state index contributed by atoms with van der Waals surface area (Å²) >= 11 is 0. The Morgan fingerprint density at radius 2 is 1.29 bits per heavy atom. The van der Waals surface area contributed by atoms with Gasteiger partial charge in [-0.15, -0.1) is 0 Å². The molecule has 2 N–H and O–H groups in total. The lowest BCUT2D eigenvalue weighted by Gasteiger charge is -2.14. The van der Waals surface area contributed by atoms with Gasteiger partial charge in [0.05, 0.1) is 17.6 Å². The minimum absolute atomic E-state index is 0.0230. The molecule has 0 aliphatic carbocycles. The molecule has 0 spiro atoms. The maximum Gasteiger partial charge on any atom is 0.330 e. The minimum atomic E-state index is -1.66. The van der Waals surface area contributed by atoms with Crippen LogP contribution in [0.3, 0.4) is 0 Å². The van der Waals surface area contributed by atoms with Crippen LogP contribution >= 0.6 is 8.60 Å². The average Bonchev–Trinajstić information content (AvgIpc) is 1.98. The van der Waals surface area contributed by atoms with Crippen molar-refractivity contribution < 1.29 is 23.8 Å².